The van der Waals surface area contributed by atoms with Gasteiger partial charge in [0, 0.05) is 22.6 Å². The molecule has 0 spiro atoms. The number of benzene rings is 2. The molecule has 2 aromatic carbocycles. The zero-order valence-electron chi connectivity index (χ0n) is 16.4. The fourth-order valence-corrected chi connectivity index (χ4v) is 4.36. The first kappa shape index (κ1) is 22.0. The molecule has 0 aliphatic rings. The van der Waals surface area contributed by atoms with Gasteiger partial charge in [-0.25, -0.2) is 23.1 Å². The van der Waals surface area contributed by atoms with Gasteiger partial charge < -0.3 is 10.1 Å². The van der Waals surface area contributed by atoms with Crippen molar-refractivity contribution in [3.05, 3.63) is 69.1 Å². The van der Waals surface area contributed by atoms with Crippen LogP contribution in [-0.2, 0) is 10.0 Å². The number of nitrogens with zero attached hydrogens (tertiary/aromatic N) is 2. The predicted molar refractivity (Wildman–Crippen MR) is 122 cm³/mol. The summed E-state index contributed by atoms with van der Waals surface area (Å²) in [4.78, 5) is 20.7. The Morgan fingerprint density at radius 1 is 1.00 bits per heavy atom. The monoisotopic (exact) mass is 538 g/mol. The summed E-state index contributed by atoms with van der Waals surface area (Å²) >= 11 is 2.09. The Hall–Kier alpha value is -2.73. The standard InChI is InChI=1S/C20H19IN4O4S/c1-12-10-13(2)23-20(22-12)25-30(27,28)16-7-5-15(6-8-16)24-19(26)14-4-9-18(29-3)17(21)11-14/h4-11H,1-3H3,(H,24,26)(H,22,23,25). The third-order valence-corrected chi connectivity index (χ3v) is 6.23. The molecule has 3 rings (SSSR count). The fourth-order valence-electron chi connectivity index (χ4n) is 2.68. The van der Waals surface area contributed by atoms with E-state index in [1.165, 1.54) is 24.3 Å². The number of aromatic nitrogens is 2. The number of methoxy groups -OCH3 is 1. The van der Waals surface area contributed by atoms with E-state index >= 15 is 0 Å². The predicted octanol–water partition coefficient (Wildman–Crippen LogP) is 3.76. The third-order valence-electron chi connectivity index (χ3n) is 4.04. The number of hydrogen-bond donors (Lipinski definition) is 2. The van der Waals surface area contributed by atoms with E-state index in [1.54, 1.807) is 45.2 Å². The Bertz CT molecular complexity index is 1180. The van der Waals surface area contributed by atoms with Crippen molar-refractivity contribution in [1.29, 1.82) is 0 Å². The number of amides is 1. The van der Waals surface area contributed by atoms with Gasteiger partial charge in [-0.05, 0) is 85.0 Å². The van der Waals surface area contributed by atoms with E-state index in [1.807, 2.05) is 0 Å². The van der Waals surface area contributed by atoms with Crippen LogP contribution < -0.4 is 14.8 Å². The van der Waals surface area contributed by atoms with Crippen molar-refractivity contribution in [2.45, 2.75) is 18.7 Å². The Kier molecular flexibility index (Phi) is 6.56. The molecule has 2 N–H and O–H groups in total. The topological polar surface area (TPSA) is 110 Å². The van der Waals surface area contributed by atoms with Gasteiger partial charge in [0.05, 0.1) is 15.6 Å². The molecule has 0 aliphatic carbocycles. The lowest BCUT2D eigenvalue weighted by atomic mass is 10.2. The van der Waals surface area contributed by atoms with Crippen LogP contribution in [0, 0.1) is 17.4 Å². The van der Waals surface area contributed by atoms with Crippen LogP contribution in [0.1, 0.15) is 21.7 Å². The van der Waals surface area contributed by atoms with Crippen LogP contribution in [0.3, 0.4) is 0 Å². The van der Waals surface area contributed by atoms with Crippen LogP contribution >= 0.6 is 22.6 Å². The van der Waals surface area contributed by atoms with Gasteiger partial charge in [0.1, 0.15) is 5.75 Å². The maximum Gasteiger partial charge on any atom is 0.264 e. The van der Waals surface area contributed by atoms with Gasteiger partial charge in [-0.15, -0.1) is 0 Å². The molecule has 156 valence electrons. The number of carbonyl (C=O) groups excluding carboxylic acids is 1. The van der Waals surface area contributed by atoms with E-state index in [0.717, 1.165) is 3.57 Å². The third kappa shape index (κ3) is 5.25. The highest BCUT2D eigenvalue weighted by Crippen LogP contribution is 2.23. The maximum absolute atomic E-state index is 12.6. The number of aryl methyl sites for hydroxylation is 2. The van der Waals surface area contributed by atoms with Crippen molar-refractivity contribution in [1.82, 2.24) is 9.97 Å². The van der Waals surface area contributed by atoms with Crippen LogP contribution in [-0.4, -0.2) is 31.4 Å². The summed E-state index contributed by atoms with van der Waals surface area (Å²) in [6.07, 6.45) is 0. The summed E-state index contributed by atoms with van der Waals surface area (Å²) in [5.74, 6) is 0.383. The summed E-state index contributed by atoms with van der Waals surface area (Å²) in [6, 6.07) is 12.7. The van der Waals surface area contributed by atoms with Crippen molar-refractivity contribution in [3.8, 4) is 5.75 Å². The molecule has 0 radical (unpaired) electrons. The first-order valence-electron chi connectivity index (χ1n) is 8.78. The van der Waals surface area contributed by atoms with Crippen LogP contribution in [0.2, 0.25) is 0 Å². The second kappa shape index (κ2) is 8.96. The molecular formula is C20H19IN4O4S. The van der Waals surface area contributed by atoms with Crippen molar-refractivity contribution in [3.63, 3.8) is 0 Å². The number of rotatable bonds is 6. The molecule has 30 heavy (non-hydrogen) atoms. The molecule has 3 aromatic rings. The first-order chi connectivity index (χ1) is 14.2. The summed E-state index contributed by atoms with van der Waals surface area (Å²) in [5.41, 5.74) is 2.25. The number of carbonyl (C=O) groups is 1. The molecule has 1 heterocycles. The zero-order chi connectivity index (χ0) is 21.9. The highest BCUT2D eigenvalue weighted by molar-refractivity contribution is 14.1. The summed E-state index contributed by atoms with van der Waals surface area (Å²) in [7, 11) is -2.30. The molecule has 0 fully saturated rings. The Morgan fingerprint density at radius 2 is 1.63 bits per heavy atom. The molecule has 0 atom stereocenters. The molecule has 1 amide bonds. The molecule has 0 saturated carbocycles. The number of sulfonamides is 1. The lowest BCUT2D eigenvalue weighted by Crippen LogP contribution is -2.16. The van der Waals surface area contributed by atoms with E-state index in [2.05, 4.69) is 42.6 Å². The largest absolute Gasteiger partial charge is 0.496 e. The molecular weight excluding hydrogens is 519 g/mol. The van der Waals surface area contributed by atoms with Crippen molar-refractivity contribution in [2.75, 3.05) is 17.1 Å². The minimum atomic E-state index is -3.86. The number of ether oxygens (including phenoxy) is 1. The smallest absolute Gasteiger partial charge is 0.264 e. The van der Waals surface area contributed by atoms with Crippen LogP contribution in [0.15, 0.2) is 53.4 Å². The van der Waals surface area contributed by atoms with E-state index in [-0.39, 0.29) is 16.8 Å². The summed E-state index contributed by atoms with van der Waals surface area (Å²) < 4.78 is 33.5. The molecule has 0 saturated heterocycles. The molecule has 1 aromatic heterocycles. The Morgan fingerprint density at radius 3 is 2.20 bits per heavy atom. The normalized spacial score (nSPS) is 11.1. The first-order valence-corrected chi connectivity index (χ1v) is 11.3. The quantitative estimate of drug-likeness (QED) is 0.463. The average molecular weight is 538 g/mol. The van der Waals surface area contributed by atoms with Gasteiger partial charge >= 0.3 is 0 Å². The van der Waals surface area contributed by atoms with Crippen molar-refractivity contribution in [2.24, 2.45) is 0 Å². The average Bonchev–Trinajstić information content (AvgIpc) is 2.67. The van der Waals surface area contributed by atoms with Gasteiger partial charge in [0.25, 0.3) is 15.9 Å². The highest BCUT2D eigenvalue weighted by Gasteiger charge is 2.17. The number of anilines is 2. The van der Waals surface area contributed by atoms with Crippen LogP contribution in [0.25, 0.3) is 0 Å². The van der Waals surface area contributed by atoms with E-state index in [0.29, 0.717) is 28.4 Å². The SMILES string of the molecule is COc1ccc(C(=O)Nc2ccc(S(=O)(=O)Nc3nc(C)cc(C)n3)cc2)cc1I. The molecule has 10 heteroatoms. The maximum atomic E-state index is 12.6. The molecule has 8 nitrogen and oxygen atoms in total. The van der Waals surface area contributed by atoms with Gasteiger partial charge in [0.15, 0.2) is 0 Å². The van der Waals surface area contributed by atoms with Gasteiger partial charge in [0.2, 0.25) is 5.95 Å². The minimum absolute atomic E-state index is 0.0130. The summed E-state index contributed by atoms with van der Waals surface area (Å²) in [6.45, 7) is 3.52. The lowest BCUT2D eigenvalue weighted by molar-refractivity contribution is 0.102. The molecule has 0 aliphatic heterocycles. The number of halogens is 1. The van der Waals surface area contributed by atoms with Gasteiger partial charge in [-0.2, -0.15) is 0 Å². The second-order valence-electron chi connectivity index (χ2n) is 6.41. The van der Waals surface area contributed by atoms with E-state index in [4.69, 9.17) is 4.74 Å². The molecule has 0 unspecified atom stereocenters. The Labute approximate surface area is 188 Å². The van der Waals surface area contributed by atoms with Crippen LogP contribution in [0.5, 0.6) is 5.75 Å². The van der Waals surface area contributed by atoms with Gasteiger partial charge in [-0.3, -0.25) is 4.79 Å². The van der Waals surface area contributed by atoms with E-state index in [9.17, 15) is 13.2 Å². The Balaban J connectivity index is 1.73. The van der Waals surface area contributed by atoms with E-state index < -0.39 is 10.0 Å². The van der Waals surface area contributed by atoms with Crippen molar-refractivity contribution < 1.29 is 17.9 Å². The number of hydrogen-bond acceptors (Lipinski definition) is 6. The van der Waals surface area contributed by atoms with Crippen molar-refractivity contribution >= 4 is 50.2 Å². The zero-order valence-corrected chi connectivity index (χ0v) is 19.4. The minimum Gasteiger partial charge on any atom is -0.496 e. The lowest BCUT2D eigenvalue weighted by Gasteiger charge is -2.10. The fraction of sp³-hybridized carbons (Fsp3) is 0.150. The highest BCUT2D eigenvalue weighted by atomic mass is 127. The number of nitrogens with one attached hydrogen (secondary N) is 2. The van der Waals surface area contributed by atoms with Gasteiger partial charge in [-0.1, -0.05) is 0 Å². The summed E-state index contributed by atoms with van der Waals surface area (Å²) in [5, 5.41) is 2.74. The molecule has 0 bridgehead atoms. The second-order valence-corrected chi connectivity index (χ2v) is 9.25. The van der Waals surface area contributed by atoms with Crippen LogP contribution in [0.4, 0.5) is 11.6 Å².